The second kappa shape index (κ2) is 7.57. The van der Waals surface area contributed by atoms with Gasteiger partial charge in [-0.15, -0.1) is 0 Å². The van der Waals surface area contributed by atoms with Crippen LogP contribution in [0.5, 0.6) is 0 Å². The number of carbonyl (C=O) groups excluding carboxylic acids is 2. The van der Waals surface area contributed by atoms with Gasteiger partial charge in [-0.25, -0.2) is 4.79 Å². The number of rotatable bonds is 5. The molecule has 0 radical (unpaired) electrons. The number of benzene rings is 2. The quantitative estimate of drug-likeness (QED) is 0.510. The minimum atomic E-state index is -0.643. The van der Waals surface area contributed by atoms with Crippen molar-refractivity contribution in [1.29, 1.82) is 0 Å². The van der Waals surface area contributed by atoms with Crippen molar-refractivity contribution in [3.8, 4) is 0 Å². The van der Waals surface area contributed by atoms with Gasteiger partial charge in [0.25, 0.3) is 11.6 Å². The molecule has 1 amide bonds. The van der Waals surface area contributed by atoms with Crippen molar-refractivity contribution in [3.63, 3.8) is 0 Å². The van der Waals surface area contributed by atoms with Gasteiger partial charge in [-0.2, -0.15) is 0 Å². The first-order valence-electron chi connectivity index (χ1n) is 7.58. The number of aryl methyl sites for hydroxylation is 3. The van der Waals surface area contributed by atoms with Crippen LogP contribution in [0.3, 0.4) is 0 Å². The summed E-state index contributed by atoms with van der Waals surface area (Å²) >= 11 is 0. The first kappa shape index (κ1) is 18.1. The lowest BCUT2D eigenvalue weighted by molar-refractivity contribution is -0.384. The van der Waals surface area contributed by atoms with Crippen molar-refractivity contribution in [2.45, 2.75) is 20.8 Å². The molecule has 0 aromatic heterocycles. The van der Waals surface area contributed by atoms with Gasteiger partial charge in [0, 0.05) is 6.07 Å². The third-order valence-corrected chi connectivity index (χ3v) is 3.66. The SMILES string of the molecule is Cc1ccc(C)c(C(=O)OCC(=O)Nc2c(C)cccc2[N+](=O)[O-])c1. The molecule has 0 aliphatic carbocycles. The molecule has 0 saturated carbocycles. The molecule has 0 fully saturated rings. The number of hydrogen-bond donors (Lipinski definition) is 1. The normalized spacial score (nSPS) is 10.2. The maximum Gasteiger partial charge on any atom is 0.338 e. The van der Waals surface area contributed by atoms with Crippen LogP contribution in [0.25, 0.3) is 0 Å². The van der Waals surface area contributed by atoms with Crippen molar-refractivity contribution >= 4 is 23.3 Å². The Morgan fingerprint density at radius 3 is 2.52 bits per heavy atom. The van der Waals surface area contributed by atoms with Crippen LogP contribution in [0.1, 0.15) is 27.0 Å². The first-order valence-corrected chi connectivity index (χ1v) is 7.58. The number of anilines is 1. The van der Waals surface area contributed by atoms with Gasteiger partial charge in [0.15, 0.2) is 6.61 Å². The van der Waals surface area contributed by atoms with Gasteiger partial charge in [-0.3, -0.25) is 14.9 Å². The van der Waals surface area contributed by atoms with Gasteiger partial charge >= 0.3 is 5.97 Å². The van der Waals surface area contributed by atoms with Crippen molar-refractivity contribution < 1.29 is 19.2 Å². The number of nitro groups is 1. The predicted molar refractivity (Wildman–Crippen MR) is 92.7 cm³/mol. The summed E-state index contributed by atoms with van der Waals surface area (Å²) in [5, 5.41) is 13.5. The highest BCUT2D eigenvalue weighted by atomic mass is 16.6. The van der Waals surface area contributed by atoms with Gasteiger partial charge in [0.1, 0.15) is 5.69 Å². The molecule has 7 heteroatoms. The molecule has 7 nitrogen and oxygen atoms in total. The van der Waals surface area contributed by atoms with Crippen LogP contribution in [0.4, 0.5) is 11.4 Å². The number of carbonyl (C=O) groups is 2. The van der Waals surface area contributed by atoms with Crippen molar-refractivity contribution in [3.05, 3.63) is 68.8 Å². The average molecular weight is 342 g/mol. The number of nitrogens with one attached hydrogen (secondary N) is 1. The van der Waals surface area contributed by atoms with E-state index in [0.717, 1.165) is 11.1 Å². The summed E-state index contributed by atoms with van der Waals surface area (Å²) in [7, 11) is 0. The molecule has 25 heavy (non-hydrogen) atoms. The fraction of sp³-hybridized carbons (Fsp3) is 0.222. The minimum Gasteiger partial charge on any atom is -0.452 e. The lowest BCUT2D eigenvalue weighted by Gasteiger charge is -2.10. The van der Waals surface area contributed by atoms with E-state index in [1.807, 2.05) is 13.0 Å². The molecular weight excluding hydrogens is 324 g/mol. The summed E-state index contributed by atoms with van der Waals surface area (Å²) in [6, 6.07) is 9.82. The van der Waals surface area contributed by atoms with E-state index in [2.05, 4.69) is 5.32 Å². The van der Waals surface area contributed by atoms with Gasteiger partial charge < -0.3 is 10.1 Å². The topological polar surface area (TPSA) is 98.5 Å². The summed E-state index contributed by atoms with van der Waals surface area (Å²) in [5.41, 5.74) is 2.45. The summed E-state index contributed by atoms with van der Waals surface area (Å²) in [6.45, 7) is 4.73. The Balaban J connectivity index is 2.06. The van der Waals surface area contributed by atoms with E-state index >= 15 is 0 Å². The lowest BCUT2D eigenvalue weighted by atomic mass is 10.1. The van der Waals surface area contributed by atoms with E-state index < -0.39 is 23.4 Å². The number of nitrogens with zero attached hydrogens (tertiary/aromatic N) is 1. The molecule has 2 rings (SSSR count). The molecule has 2 aromatic carbocycles. The van der Waals surface area contributed by atoms with Crippen molar-refractivity contribution in [1.82, 2.24) is 0 Å². The number of esters is 1. The zero-order chi connectivity index (χ0) is 18.6. The van der Waals surface area contributed by atoms with Crippen LogP contribution in [-0.2, 0) is 9.53 Å². The molecule has 0 heterocycles. The van der Waals surface area contributed by atoms with E-state index in [0.29, 0.717) is 11.1 Å². The molecule has 0 aliphatic heterocycles. The molecule has 1 N–H and O–H groups in total. The zero-order valence-corrected chi connectivity index (χ0v) is 14.2. The molecule has 0 saturated heterocycles. The van der Waals surface area contributed by atoms with E-state index in [9.17, 15) is 19.7 Å². The zero-order valence-electron chi connectivity index (χ0n) is 14.2. The highest BCUT2D eigenvalue weighted by Gasteiger charge is 2.19. The third kappa shape index (κ3) is 4.41. The molecule has 0 bridgehead atoms. The Bertz CT molecular complexity index is 845. The highest BCUT2D eigenvalue weighted by Crippen LogP contribution is 2.27. The largest absolute Gasteiger partial charge is 0.452 e. The van der Waals surface area contributed by atoms with Gasteiger partial charge in [0.2, 0.25) is 0 Å². The number of para-hydroxylation sites is 1. The second-order valence-electron chi connectivity index (χ2n) is 5.67. The Kier molecular flexibility index (Phi) is 5.49. The van der Waals surface area contributed by atoms with Crippen LogP contribution >= 0.6 is 0 Å². The van der Waals surface area contributed by atoms with E-state index in [4.69, 9.17) is 4.74 Å². The Morgan fingerprint density at radius 1 is 1.12 bits per heavy atom. The first-order chi connectivity index (χ1) is 11.8. The Labute approximate surface area is 144 Å². The number of hydrogen-bond acceptors (Lipinski definition) is 5. The van der Waals surface area contributed by atoms with Crippen molar-refractivity contribution in [2.75, 3.05) is 11.9 Å². The number of amides is 1. The molecule has 0 aliphatic rings. The van der Waals surface area contributed by atoms with Crippen molar-refractivity contribution in [2.24, 2.45) is 0 Å². The number of nitro benzene ring substituents is 1. The van der Waals surface area contributed by atoms with Crippen LogP contribution in [0.2, 0.25) is 0 Å². The molecule has 0 spiro atoms. The molecule has 130 valence electrons. The van der Waals surface area contributed by atoms with Gasteiger partial charge in [-0.05, 0) is 38.0 Å². The van der Waals surface area contributed by atoms with E-state index in [-0.39, 0.29) is 11.4 Å². The molecule has 0 unspecified atom stereocenters. The van der Waals surface area contributed by atoms with Crippen LogP contribution in [-0.4, -0.2) is 23.4 Å². The van der Waals surface area contributed by atoms with Gasteiger partial charge in [-0.1, -0.05) is 29.8 Å². The maximum atomic E-state index is 12.1. The fourth-order valence-electron chi connectivity index (χ4n) is 2.31. The maximum absolute atomic E-state index is 12.1. The van der Waals surface area contributed by atoms with Crippen LogP contribution < -0.4 is 5.32 Å². The summed E-state index contributed by atoms with van der Waals surface area (Å²) < 4.78 is 5.02. The third-order valence-electron chi connectivity index (χ3n) is 3.66. The fourth-order valence-corrected chi connectivity index (χ4v) is 2.31. The average Bonchev–Trinajstić information content (AvgIpc) is 2.56. The van der Waals surface area contributed by atoms with E-state index in [1.165, 1.54) is 12.1 Å². The summed E-state index contributed by atoms with van der Waals surface area (Å²) in [5.74, 6) is -1.26. The standard InChI is InChI=1S/C18H18N2O5/c1-11-7-8-12(2)14(9-11)18(22)25-10-16(21)19-17-13(3)5-4-6-15(17)20(23)24/h4-9H,10H2,1-3H3,(H,19,21). The van der Waals surface area contributed by atoms with Crippen LogP contribution in [0, 0.1) is 30.9 Å². The Morgan fingerprint density at radius 2 is 1.84 bits per heavy atom. The summed E-state index contributed by atoms with van der Waals surface area (Å²) in [6.07, 6.45) is 0. The molecular formula is C18H18N2O5. The highest BCUT2D eigenvalue weighted by molar-refractivity contribution is 5.97. The monoisotopic (exact) mass is 342 g/mol. The predicted octanol–water partition coefficient (Wildman–Crippen LogP) is 3.32. The number of ether oxygens (including phenoxy) is 1. The minimum absolute atomic E-state index is 0.0975. The van der Waals surface area contributed by atoms with Gasteiger partial charge in [0.05, 0.1) is 10.5 Å². The smallest absolute Gasteiger partial charge is 0.338 e. The van der Waals surface area contributed by atoms with E-state index in [1.54, 1.807) is 32.0 Å². The second-order valence-corrected chi connectivity index (χ2v) is 5.67. The lowest BCUT2D eigenvalue weighted by Crippen LogP contribution is -2.22. The Hall–Kier alpha value is -3.22. The summed E-state index contributed by atoms with van der Waals surface area (Å²) in [4.78, 5) is 34.6. The molecule has 2 aromatic rings. The van der Waals surface area contributed by atoms with Crippen LogP contribution in [0.15, 0.2) is 36.4 Å². The molecule has 0 atom stereocenters.